The minimum absolute atomic E-state index is 0.584. The molecule has 3 aromatic rings. The topological polar surface area (TPSA) is 22.4 Å². The maximum absolute atomic E-state index is 5.77. The van der Waals surface area contributed by atoms with Crippen LogP contribution in [0, 0.1) is 6.92 Å². The van der Waals surface area contributed by atoms with Crippen LogP contribution in [-0.4, -0.2) is 0 Å². The van der Waals surface area contributed by atoms with E-state index in [2.05, 4.69) is 31.2 Å². The molecule has 0 fully saturated rings. The zero-order valence-corrected chi connectivity index (χ0v) is 11.4. The van der Waals surface area contributed by atoms with Crippen molar-refractivity contribution in [3.05, 3.63) is 78.1 Å². The van der Waals surface area contributed by atoms with E-state index < -0.39 is 0 Å². The van der Waals surface area contributed by atoms with E-state index in [0.717, 1.165) is 17.1 Å². The summed E-state index contributed by atoms with van der Waals surface area (Å²) in [6.45, 7) is 2.67. The highest BCUT2D eigenvalue weighted by Crippen LogP contribution is 2.23. The molecule has 0 saturated carbocycles. The molecule has 1 aromatic heterocycles. The third-order valence-corrected chi connectivity index (χ3v) is 3.19. The number of ether oxygens (including phenoxy) is 1. The summed E-state index contributed by atoms with van der Waals surface area (Å²) in [6, 6.07) is 20.1. The average molecular weight is 264 g/mol. The number of furan rings is 1. The van der Waals surface area contributed by atoms with Crippen LogP contribution in [0.4, 0.5) is 0 Å². The molecule has 2 aromatic carbocycles. The normalized spacial score (nSPS) is 10.4. The van der Waals surface area contributed by atoms with Gasteiger partial charge in [-0.2, -0.15) is 0 Å². The van der Waals surface area contributed by atoms with E-state index >= 15 is 0 Å². The minimum Gasteiger partial charge on any atom is -0.489 e. The second-order valence-corrected chi connectivity index (χ2v) is 4.78. The van der Waals surface area contributed by atoms with E-state index in [1.54, 1.807) is 6.26 Å². The molecule has 3 rings (SSSR count). The molecule has 0 radical (unpaired) electrons. The Bertz CT molecular complexity index is 650. The van der Waals surface area contributed by atoms with Gasteiger partial charge in [-0.15, -0.1) is 0 Å². The second kappa shape index (κ2) is 5.66. The van der Waals surface area contributed by atoms with Gasteiger partial charge in [-0.3, -0.25) is 0 Å². The third kappa shape index (κ3) is 2.91. The predicted octanol–water partition coefficient (Wildman–Crippen LogP) is 4.83. The standard InChI is InChI=1S/C18H16O2/c1-14-4-6-15(7-5-14)13-20-17-10-8-16(9-11-17)18-3-2-12-19-18/h2-12H,13H2,1H3. The van der Waals surface area contributed by atoms with Crippen LogP contribution in [0.25, 0.3) is 11.3 Å². The van der Waals surface area contributed by atoms with Crippen LogP contribution in [0.2, 0.25) is 0 Å². The Labute approximate surface area is 118 Å². The molecule has 0 saturated heterocycles. The van der Waals surface area contributed by atoms with Crippen LogP contribution in [-0.2, 0) is 6.61 Å². The highest BCUT2D eigenvalue weighted by molar-refractivity contribution is 5.58. The zero-order chi connectivity index (χ0) is 13.8. The lowest BCUT2D eigenvalue weighted by Gasteiger charge is -2.07. The van der Waals surface area contributed by atoms with Crippen molar-refractivity contribution in [3.8, 4) is 17.1 Å². The van der Waals surface area contributed by atoms with Crippen molar-refractivity contribution in [2.75, 3.05) is 0 Å². The molecule has 100 valence electrons. The van der Waals surface area contributed by atoms with Crippen LogP contribution >= 0.6 is 0 Å². The zero-order valence-electron chi connectivity index (χ0n) is 11.4. The average Bonchev–Trinajstić information content (AvgIpc) is 3.01. The van der Waals surface area contributed by atoms with E-state index in [4.69, 9.17) is 9.15 Å². The molecular formula is C18H16O2. The van der Waals surface area contributed by atoms with Crippen LogP contribution in [0.5, 0.6) is 5.75 Å². The SMILES string of the molecule is Cc1ccc(COc2ccc(-c3ccco3)cc2)cc1. The third-order valence-electron chi connectivity index (χ3n) is 3.19. The Hall–Kier alpha value is -2.48. The van der Waals surface area contributed by atoms with Gasteiger partial charge in [-0.25, -0.2) is 0 Å². The molecule has 0 bridgehead atoms. The maximum Gasteiger partial charge on any atom is 0.133 e. The summed E-state index contributed by atoms with van der Waals surface area (Å²) in [6.07, 6.45) is 1.68. The Morgan fingerprint density at radius 3 is 2.30 bits per heavy atom. The van der Waals surface area contributed by atoms with E-state index in [-0.39, 0.29) is 0 Å². The van der Waals surface area contributed by atoms with Gasteiger partial charge in [0.1, 0.15) is 18.1 Å². The molecular weight excluding hydrogens is 248 g/mol. The molecule has 2 heteroatoms. The number of aryl methyl sites for hydroxylation is 1. The number of hydrogen-bond donors (Lipinski definition) is 0. The molecule has 0 aliphatic carbocycles. The number of benzene rings is 2. The molecule has 0 aliphatic rings. The van der Waals surface area contributed by atoms with Gasteiger partial charge < -0.3 is 9.15 Å². The van der Waals surface area contributed by atoms with Gasteiger partial charge in [-0.05, 0) is 48.9 Å². The van der Waals surface area contributed by atoms with Crippen molar-refractivity contribution in [1.82, 2.24) is 0 Å². The van der Waals surface area contributed by atoms with E-state index in [9.17, 15) is 0 Å². The van der Waals surface area contributed by atoms with Crippen molar-refractivity contribution < 1.29 is 9.15 Å². The first-order valence-corrected chi connectivity index (χ1v) is 6.63. The van der Waals surface area contributed by atoms with Crippen molar-refractivity contribution >= 4 is 0 Å². The molecule has 0 amide bonds. The summed E-state index contributed by atoms with van der Waals surface area (Å²) >= 11 is 0. The lowest BCUT2D eigenvalue weighted by molar-refractivity contribution is 0.306. The Morgan fingerprint density at radius 2 is 1.65 bits per heavy atom. The van der Waals surface area contributed by atoms with Gasteiger partial charge >= 0.3 is 0 Å². The molecule has 2 nitrogen and oxygen atoms in total. The molecule has 20 heavy (non-hydrogen) atoms. The predicted molar refractivity (Wildman–Crippen MR) is 79.7 cm³/mol. The first-order valence-electron chi connectivity index (χ1n) is 6.63. The van der Waals surface area contributed by atoms with Crippen molar-refractivity contribution in [3.63, 3.8) is 0 Å². The molecule has 0 N–H and O–H groups in total. The van der Waals surface area contributed by atoms with Gasteiger partial charge in [0, 0.05) is 5.56 Å². The first-order chi connectivity index (χ1) is 9.81. The van der Waals surface area contributed by atoms with Crippen LogP contribution in [0.15, 0.2) is 71.3 Å². The van der Waals surface area contributed by atoms with Crippen molar-refractivity contribution in [2.45, 2.75) is 13.5 Å². The lowest BCUT2D eigenvalue weighted by Crippen LogP contribution is -1.95. The number of hydrogen-bond acceptors (Lipinski definition) is 2. The molecule has 0 atom stereocenters. The van der Waals surface area contributed by atoms with Crippen LogP contribution in [0.3, 0.4) is 0 Å². The van der Waals surface area contributed by atoms with Gasteiger partial charge in [-0.1, -0.05) is 29.8 Å². The fourth-order valence-corrected chi connectivity index (χ4v) is 2.01. The smallest absolute Gasteiger partial charge is 0.133 e. The fourth-order valence-electron chi connectivity index (χ4n) is 2.01. The summed E-state index contributed by atoms with van der Waals surface area (Å²) in [4.78, 5) is 0. The number of rotatable bonds is 4. The molecule has 0 spiro atoms. The Kier molecular flexibility index (Phi) is 3.55. The summed E-state index contributed by atoms with van der Waals surface area (Å²) in [5.41, 5.74) is 3.49. The van der Waals surface area contributed by atoms with Gasteiger partial charge in [0.15, 0.2) is 0 Å². The van der Waals surface area contributed by atoms with Crippen molar-refractivity contribution in [2.24, 2.45) is 0 Å². The van der Waals surface area contributed by atoms with E-state index in [0.29, 0.717) is 6.61 Å². The van der Waals surface area contributed by atoms with Gasteiger partial charge in [0.05, 0.1) is 6.26 Å². The largest absolute Gasteiger partial charge is 0.489 e. The lowest BCUT2D eigenvalue weighted by atomic mass is 10.1. The summed E-state index contributed by atoms with van der Waals surface area (Å²) < 4.78 is 11.1. The monoisotopic (exact) mass is 264 g/mol. The van der Waals surface area contributed by atoms with E-state index in [1.807, 2.05) is 36.4 Å². The minimum atomic E-state index is 0.584. The van der Waals surface area contributed by atoms with Crippen LogP contribution < -0.4 is 4.74 Å². The molecule has 0 aliphatic heterocycles. The summed E-state index contributed by atoms with van der Waals surface area (Å²) in [5.74, 6) is 1.73. The van der Waals surface area contributed by atoms with E-state index in [1.165, 1.54) is 11.1 Å². The quantitative estimate of drug-likeness (QED) is 0.673. The van der Waals surface area contributed by atoms with Gasteiger partial charge in [0.2, 0.25) is 0 Å². The molecule has 0 unspecified atom stereocenters. The summed E-state index contributed by atoms with van der Waals surface area (Å²) in [5, 5.41) is 0. The highest BCUT2D eigenvalue weighted by Gasteiger charge is 2.01. The Balaban J connectivity index is 1.65. The fraction of sp³-hybridized carbons (Fsp3) is 0.111. The van der Waals surface area contributed by atoms with Gasteiger partial charge in [0.25, 0.3) is 0 Å². The highest BCUT2D eigenvalue weighted by atomic mass is 16.5. The van der Waals surface area contributed by atoms with Crippen LogP contribution in [0.1, 0.15) is 11.1 Å². The maximum atomic E-state index is 5.77. The Morgan fingerprint density at radius 1 is 0.900 bits per heavy atom. The first kappa shape index (κ1) is 12.5. The second-order valence-electron chi connectivity index (χ2n) is 4.78. The van der Waals surface area contributed by atoms with Crippen molar-refractivity contribution in [1.29, 1.82) is 0 Å². The summed E-state index contributed by atoms with van der Waals surface area (Å²) in [7, 11) is 0. The molecule has 1 heterocycles.